The number of benzene rings is 1. The van der Waals surface area contributed by atoms with Crippen LogP contribution in [0.15, 0.2) is 18.2 Å². The zero-order valence-corrected chi connectivity index (χ0v) is 8.11. The van der Waals surface area contributed by atoms with Crippen LogP contribution in [0.5, 0.6) is 0 Å². The molecule has 0 aliphatic rings. The summed E-state index contributed by atoms with van der Waals surface area (Å²) in [5.41, 5.74) is 11.4. The zero-order chi connectivity index (χ0) is 10.1. The molecule has 1 aromatic rings. The number of halogens is 2. The molecule has 0 aliphatic heterocycles. The molecule has 1 unspecified atom stereocenters. The van der Waals surface area contributed by atoms with Gasteiger partial charge in [-0.15, -0.1) is 0 Å². The van der Waals surface area contributed by atoms with Gasteiger partial charge in [0, 0.05) is 6.54 Å². The van der Waals surface area contributed by atoms with Crippen LogP contribution in [-0.2, 0) is 5.54 Å². The largest absolute Gasteiger partial charge is 0.328 e. The molecule has 4 N–H and O–H groups in total. The van der Waals surface area contributed by atoms with E-state index in [1.54, 1.807) is 13.0 Å². The maximum atomic E-state index is 12.8. The molecule has 13 heavy (non-hydrogen) atoms. The highest BCUT2D eigenvalue weighted by atomic mass is 35.5. The van der Waals surface area contributed by atoms with Crippen LogP contribution < -0.4 is 11.5 Å². The summed E-state index contributed by atoms with van der Waals surface area (Å²) in [6.45, 7) is 2.06. The number of hydrogen-bond donors (Lipinski definition) is 2. The van der Waals surface area contributed by atoms with Crippen LogP contribution in [0.2, 0.25) is 5.02 Å². The Morgan fingerprint density at radius 2 is 2.15 bits per heavy atom. The van der Waals surface area contributed by atoms with Crippen LogP contribution in [-0.4, -0.2) is 6.54 Å². The quantitative estimate of drug-likeness (QED) is 0.766. The predicted octanol–water partition coefficient (Wildman–Crippen LogP) is 1.61. The maximum Gasteiger partial charge on any atom is 0.141 e. The van der Waals surface area contributed by atoms with Crippen LogP contribution in [0.4, 0.5) is 4.39 Å². The van der Waals surface area contributed by atoms with Gasteiger partial charge in [0.2, 0.25) is 0 Å². The lowest BCUT2D eigenvalue weighted by atomic mass is 9.93. The van der Waals surface area contributed by atoms with E-state index in [1.807, 2.05) is 0 Å². The molecular weight excluding hydrogens is 191 g/mol. The molecule has 0 radical (unpaired) electrons. The second-order valence-corrected chi connectivity index (χ2v) is 3.66. The Kier molecular flexibility index (Phi) is 2.91. The van der Waals surface area contributed by atoms with Gasteiger partial charge in [0.15, 0.2) is 0 Å². The third-order valence-electron chi connectivity index (χ3n) is 2.00. The normalized spacial score (nSPS) is 15.5. The van der Waals surface area contributed by atoms with E-state index in [2.05, 4.69) is 0 Å². The van der Waals surface area contributed by atoms with Crippen molar-refractivity contribution in [1.29, 1.82) is 0 Å². The summed E-state index contributed by atoms with van der Waals surface area (Å²) in [6.07, 6.45) is 0. The monoisotopic (exact) mass is 202 g/mol. The first kappa shape index (κ1) is 10.4. The average molecular weight is 203 g/mol. The average Bonchev–Trinajstić information content (AvgIpc) is 2.09. The molecule has 0 heterocycles. The first-order valence-corrected chi connectivity index (χ1v) is 4.29. The minimum Gasteiger partial charge on any atom is -0.328 e. The Labute approximate surface area is 81.7 Å². The highest BCUT2D eigenvalue weighted by Crippen LogP contribution is 2.22. The molecule has 0 saturated heterocycles. The Bertz CT molecular complexity index is 312. The molecule has 2 nitrogen and oxygen atoms in total. The zero-order valence-electron chi connectivity index (χ0n) is 7.35. The lowest BCUT2D eigenvalue weighted by Crippen LogP contribution is -2.40. The summed E-state index contributed by atoms with van der Waals surface area (Å²) >= 11 is 5.61. The molecular formula is C9H12ClFN2. The van der Waals surface area contributed by atoms with E-state index in [-0.39, 0.29) is 11.6 Å². The van der Waals surface area contributed by atoms with Gasteiger partial charge in [0.1, 0.15) is 5.82 Å². The van der Waals surface area contributed by atoms with Gasteiger partial charge in [-0.05, 0) is 24.6 Å². The number of rotatable bonds is 2. The van der Waals surface area contributed by atoms with Crippen molar-refractivity contribution in [3.8, 4) is 0 Å². The molecule has 0 spiro atoms. The number of hydrogen-bond acceptors (Lipinski definition) is 2. The lowest BCUT2D eigenvalue weighted by molar-refractivity contribution is 0.506. The van der Waals surface area contributed by atoms with Gasteiger partial charge in [-0.1, -0.05) is 17.7 Å². The van der Waals surface area contributed by atoms with E-state index in [4.69, 9.17) is 23.1 Å². The van der Waals surface area contributed by atoms with Gasteiger partial charge in [0.25, 0.3) is 0 Å². The van der Waals surface area contributed by atoms with E-state index >= 15 is 0 Å². The third kappa shape index (κ3) is 2.18. The van der Waals surface area contributed by atoms with Crippen molar-refractivity contribution in [2.24, 2.45) is 11.5 Å². The SMILES string of the molecule is CC(N)(CN)c1ccc(F)c(Cl)c1. The van der Waals surface area contributed by atoms with E-state index < -0.39 is 11.4 Å². The van der Waals surface area contributed by atoms with Gasteiger partial charge < -0.3 is 11.5 Å². The van der Waals surface area contributed by atoms with Crippen molar-refractivity contribution in [2.75, 3.05) is 6.54 Å². The molecule has 1 rings (SSSR count). The fourth-order valence-electron chi connectivity index (χ4n) is 0.969. The molecule has 0 aromatic heterocycles. The smallest absolute Gasteiger partial charge is 0.141 e. The summed E-state index contributed by atoms with van der Waals surface area (Å²) in [7, 11) is 0. The Morgan fingerprint density at radius 3 is 2.62 bits per heavy atom. The van der Waals surface area contributed by atoms with E-state index in [0.29, 0.717) is 0 Å². The van der Waals surface area contributed by atoms with Crippen LogP contribution in [0.25, 0.3) is 0 Å². The van der Waals surface area contributed by atoms with Crippen molar-refractivity contribution in [3.63, 3.8) is 0 Å². The first-order valence-electron chi connectivity index (χ1n) is 3.92. The van der Waals surface area contributed by atoms with E-state index in [1.165, 1.54) is 12.1 Å². The molecule has 1 atom stereocenters. The molecule has 0 bridgehead atoms. The summed E-state index contributed by atoms with van der Waals surface area (Å²) in [5, 5.41) is 0.0719. The molecule has 4 heteroatoms. The molecule has 0 saturated carbocycles. The van der Waals surface area contributed by atoms with Gasteiger partial charge in [-0.2, -0.15) is 0 Å². The maximum absolute atomic E-state index is 12.8. The van der Waals surface area contributed by atoms with E-state index in [0.717, 1.165) is 5.56 Å². The first-order chi connectivity index (χ1) is 5.97. The lowest BCUT2D eigenvalue weighted by Gasteiger charge is -2.23. The summed E-state index contributed by atoms with van der Waals surface area (Å²) in [6, 6.07) is 4.39. The summed E-state index contributed by atoms with van der Waals surface area (Å²) in [5.74, 6) is -0.446. The van der Waals surface area contributed by atoms with Gasteiger partial charge in [0.05, 0.1) is 10.6 Å². The van der Waals surface area contributed by atoms with Gasteiger partial charge in [-0.3, -0.25) is 0 Å². The van der Waals surface area contributed by atoms with Crippen molar-refractivity contribution < 1.29 is 4.39 Å². The van der Waals surface area contributed by atoms with Crippen molar-refractivity contribution >= 4 is 11.6 Å². The van der Waals surface area contributed by atoms with Crippen molar-refractivity contribution in [1.82, 2.24) is 0 Å². The Morgan fingerprint density at radius 1 is 1.54 bits per heavy atom. The predicted molar refractivity (Wildman–Crippen MR) is 52.0 cm³/mol. The molecule has 0 aliphatic carbocycles. The standard InChI is InChI=1S/C9H12ClFN2/c1-9(13,5-12)6-2-3-8(11)7(10)4-6/h2-4H,5,12-13H2,1H3. The Balaban J connectivity index is 3.10. The van der Waals surface area contributed by atoms with Crippen LogP contribution >= 0.6 is 11.6 Å². The second-order valence-electron chi connectivity index (χ2n) is 3.25. The highest BCUT2D eigenvalue weighted by Gasteiger charge is 2.19. The van der Waals surface area contributed by atoms with Crippen molar-refractivity contribution in [2.45, 2.75) is 12.5 Å². The van der Waals surface area contributed by atoms with Gasteiger partial charge >= 0.3 is 0 Å². The molecule has 72 valence electrons. The molecule has 0 fully saturated rings. The fourth-order valence-corrected chi connectivity index (χ4v) is 1.15. The molecule has 1 aromatic carbocycles. The minimum absolute atomic E-state index is 0.0719. The fraction of sp³-hybridized carbons (Fsp3) is 0.333. The van der Waals surface area contributed by atoms with Crippen LogP contribution in [0, 0.1) is 5.82 Å². The summed E-state index contributed by atoms with van der Waals surface area (Å²) < 4.78 is 12.8. The number of nitrogens with two attached hydrogens (primary N) is 2. The van der Waals surface area contributed by atoms with Crippen LogP contribution in [0.1, 0.15) is 12.5 Å². The minimum atomic E-state index is -0.655. The topological polar surface area (TPSA) is 52.0 Å². The van der Waals surface area contributed by atoms with Crippen LogP contribution in [0.3, 0.4) is 0 Å². The van der Waals surface area contributed by atoms with E-state index in [9.17, 15) is 4.39 Å². The molecule has 0 amide bonds. The van der Waals surface area contributed by atoms with Crippen molar-refractivity contribution in [3.05, 3.63) is 34.6 Å². The third-order valence-corrected chi connectivity index (χ3v) is 2.29. The highest BCUT2D eigenvalue weighted by molar-refractivity contribution is 6.30. The summed E-state index contributed by atoms with van der Waals surface area (Å²) in [4.78, 5) is 0. The second kappa shape index (κ2) is 3.62. The van der Waals surface area contributed by atoms with Gasteiger partial charge in [-0.25, -0.2) is 4.39 Å². The Hall–Kier alpha value is -0.640.